The van der Waals surface area contributed by atoms with E-state index in [1.54, 1.807) is 0 Å². The third kappa shape index (κ3) is 3.67. The number of nitrogens with zero attached hydrogens (tertiary/aromatic N) is 2. The molecule has 0 aliphatic carbocycles. The molecular weight excluding hydrogens is 420 g/mol. The maximum atomic E-state index is 11.8. The maximum absolute atomic E-state index is 11.8. The molecule has 0 N–H and O–H groups in total. The average molecular weight is 447 g/mol. The van der Waals surface area contributed by atoms with Crippen LogP contribution in [-0.2, 0) is 9.59 Å². The second-order valence-corrected chi connectivity index (χ2v) is 8.54. The van der Waals surface area contributed by atoms with Gasteiger partial charge in [0.25, 0.3) is 0 Å². The number of carbonyl (C=O) groups is 2. The lowest BCUT2D eigenvalue weighted by Crippen LogP contribution is -2.48. The van der Waals surface area contributed by atoms with Gasteiger partial charge in [0, 0.05) is 30.7 Å². The second kappa shape index (κ2) is 9.36. The Morgan fingerprint density at radius 2 is 1.24 bits per heavy atom. The van der Waals surface area contributed by atoms with Crippen molar-refractivity contribution >= 4 is 51.2 Å². The van der Waals surface area contributed by atoms with Crippen LogP contribution >= 0.6 is 0 Å². The fraction of sp³-hybridized carbons (Fsp3) is 0.133. The van der Waals surface area contributed by atoms with E-state index in [0.717, 1.165) is 19.5 Å². The molecule has 5 aromatic carbocycles. The summed E-state index contributed by atoms with van der Waals surface area (Å²) in [6.45, 7) is 4.20. The highest BCUT2D eigenvalue weighted by Crippen LogP contribution is 2.40. The summed E-state index contributed by atoms with van der Waals surface area (Å²) in [5.74, 6) is 0. The smallest absolute Gasteiger partial charge is 0.209 e. The van der Waals surface area contributed by atoms with Crippen LogP contribution < -0.4 is 4.90 Å². The van der Waals surface area contributed by atoms with Gasteiger partial charge >= 0.3 is 0 Å². The predicted octanol–water partition coefficient (Wildman–Crippen LogP) is 5.98. The Balaban J connectivity index is 0.00000117. The van der Waals surface area contributed by atoms with Gasteiger partial charge in [0.2, 0.25) is 6.41 Å². The third-order valence-corrected chi connectivity index (χ3v) is 6.78. The molecule has 4 nitrogen and oxygen atoms in total. The molecule has 34 heavy (non-hydrogen) atoms. The minimum absolute atomic E-state index is 0.0655. The van der Waals surface area contributed by atoms with Crippen LogP contribution in [0.3, 0.4) is 0 Å². The van der Waals surface area contributed by atoms with Crippen molar-refractivity contribution in [3.05, 3.63) is 103 Å². The van der Waals surface area contributed by atoms with E-state index >= 15 is 0 Å². The SMILES string of the molecule is C=O.O=CN1CCN(c2cccc3ccccc23)C(c2c3ccccc3cc3ccccc23)C1. The second-order valence-electron chi connectivity index (χ2n) is 8.54. The summed E-state index contributed by atoms with van der Waals surface area (Å²) in [5.41, 5.74) is 2.54. The van der Waals surface area contributed by atoms with Gasteiger partial charge in [-0.1, -0.05) is 84.9 Å². The van der Waals surface area contributed by atoms with Crippen molar-refractivity contribution in [1.82, 2.24) is 4.90 Å². The first-order chi connectivity index (χ1) is 16.8. The van der Waals surface area contributed by atoms with Crippen LogP contribution in [0.1, 0.15) is 11.6 Å². The summed E-state index contributed by atoms with van der Waals surface area (Å²) in [5, 5.41) is 7.49. The maximum Gasteiger partial charge on any atom is 0.209 e. The van der Waals surface area contributed by atoms with Crippen LogP contribution in [0.15, 0.2) is 97.1 Å². The molecule has 1 unspecified atom stereocenters. The van der Waals surface area contributed by atoms with Gasteiger partial charge in [-0.2, -0.15) is 0 Å². The molecule has 1 atom stereocenters. The highest BCUT2D eigenvalue weighted by Gasteiger charge is 2.31. The molecule has 0 aromatic heterocycles. The Labute approximate surface area is 199 Å². The van der Waals surface area contributed by atoms with Crippen LogP contribution in [0.4, 0.5) is 5.69 Å². The average Bonchev–Trinajstić information content (AvgIpc) is 2.92. The molecule has 1 amide bonds. The van der Waals surface area contributed by atoms with Crippen molar-refractivity contribution in [2.75, 3.05) is 24.5 Å². The van der Waals surface area contributed by atoms with Crippen molar-refractivity contribution in [3.8, 4) is 0 Å². The molecule has 0 saturated carbocycles. The Kier molecular flexibility index (Phi) is 5.96. The molecule has 1 saturated heterocycles. The van der Waals surface area contributed by atoms with E-state index in [9.17, 15) is 4.79 Å². The molecule has 0 radical (unpaired) electrons. The van der Waals surface area contributed by atoms with E-state index in [1.807, 2.05) is 11.7 Å². The standard InChI is InChI=1S/C29H24N2O.CH2O/c32-20-30-16-17-31(27-15-7-11-21-8-1-4-12-24(21)27)28(19-30)29-25-13-5-2-9-22(25)18-23-10-3-6-14-26(23)29;1-2/h1-15,18,20,28H,16-17,19H2;1H2. The van der Waals surface area contributed by atoms with Crippen LogP contribution in [0.5, 0.6) is 0 Å². The van der Waals surface area contributed by atoms with Crippen molar-refractivity contribution in [2.45, 2.75) is 6.04 Å². The molecule has 6 rings (SSSR count). The zero-order valence-electron chi connectivity index (χ0n) is 18.9. The van der Waals surface area contributed by atoms with Crippen LogP contribution in [0.25, 0.3) is 32.3 Å². The highest BCUT2D eigenvalue weighted by atomic mass is 16.1. The summed E-state index contributed by atoms with van der Waals surface area (Å²) in [6.07, 6.45) is 1.00. The van der Waals surface area contributed by atoms with Gasteiger partial charge in [0.05, 0.1) is 6.04 Å². The van der Waals surface area contributed by atoms with Crippen molar-refractivity contribution in [2.24, 2.45) is 0 Å². The summed E-state index contributed by atoms with van der Waals surface area (Å²) in [7, 11) is 0. The number of fused-ring (bicyclic) bond motifs is 3. The number of anilines is 1. The topological polar surface area (TPSA) is 40.6 Å². The molecule has 1 fully saturated rings. The normalized spacial score (nSPS) is 15.8. The summed E-state index contributed by atoms with van der Waals surface area (Å²) >= 11 is 0. The highest BCUT2D eigenvalue weighted by molar-refractivity contribution is 6.03. The molecule has 1 aliphatic rings. The van der Waals surface area contributed by atoms with Gasteiger partial charge in [-0.15, -0.1) is 0 Å². The van der Waals surface area contributed by atoms with E-state index in [2.05, 4.69) is 102 Å². The predicted molar refractivity (Wildman–Crippen MR) is 140 cm³/mol. The number of hydrogen-bond donors (Lipinski definition) is 0. The number of amides is 1. The Hall–Kier alpha value is -4.18. The summed E-state index contributed by atoms with van der Waals surface area (Å²) in [4.78, 5) is 24.3. The number of carbonyl (C=O) groups excluding carboxylic acids is 2. The van der Waals surface area contributed by atoms with Crippen LogP contribution in [0, 0.1) is 0 Å². The number of rotatable bonds is 3. The van der Waals surface area contributed by atoms with E-state index in [1.165, 1.54) is 43.6 Å². The third-order valence-electron chi connectivity index (χ3n) is 6.78. The van der Waals surface area contributed by atoms with Gasteiger partial charge in [0.15, 0.2) is 0 Å². The molecule has 4 heteroatoms. The van der Waals surface area contributed by atoms with Gasteiger partial charge in [0.1, 0.15) is 6.79 Å². The van der Waals surface area contributed by atoms with Crippen molar-refractivity contribution in [3.63, 3.8) is 0 Å². The lowest BCUT2D eigenvalue weighted by Gasteiger charge is -2.43. The van der Waals surface area contributed by atoms with E-state index in [-0.39, 0.29) is 6.04 Å². The fourth-order valence-electron chi connectivity index (χ4n) is 5.30. The fourth-order valence-corrected chi connectivity index (χ4v) is 5.30. The first kappa shape index (κ1) is 21.7. The summed E-state index contributed by atoms with van der Waals surface area (Å²) in [6, 6.07) is 34.7. The molecule has 168 valence electrons. The molecule has 1 heterocycles. The number of piperazine rings is 1. The first-order valence-corrected chi connectivity index (χ1v) is 11.5. The lowest BCUT2D eigenvalue weighted by molar-refractivity contribution is -0.118. The molecule has 5 aromatic rings. The van der Waals surface area contributed by atoms with Crippen molar-refractivity contribution < 1.29 is 9.59 Å². The minimum atomic E-state index is 0.0655. The quantitative estimate of drug-likeness (QED) is 0.253. The molecule has 0 bridgehead atoms. The Bertz CT molecular complexity index is 1420. The lowest BCUT2D eigenvalue weighted by atomic mass is 9.89. The zero-order valence-corrected chi connectivity index (χ0v) is 18.9. The molecular formula is C30H26N2O2. The van der Waals surface area contributed by atoms with Gasteiger partial charge in [-0.3, -0.25) is 4.79 Å². The largest absolute Gasteiger partial charge is 0.360 e. The van der Waals surface area contributed by atoms with E-state index in [4.69, 9.17) is 4.79 Å². The van der Waals surface area contributed by atoms with Crippen LogP contribution in [0.2, 0.25) is 0 Å². The van der Waals surface area contributed by atoms with Gasteiger partial charge in [-0.25, -0.2) is 0 Å². The van der Waals surface area contributed by atoms with Gasteiger partial charge in [-0.05, 0) is 44.6 Å². The Morgan fingerprint density at radius 1 is 0.676 bits per heavy atom. The van der Waals surface area contributed by atoms with E-state index in [0.29, 0.717) is 6.54 Å². The monoisotopic (exact) mass is 446 g/mol. The number of benzene rings is 5. The minimum Gasteiger partial charge on any atom is -0.360 e. The zero-order chi connectivity index (χ0) is 23.5. The Morgan fingerprint density at radius 3 is 1.88 bits per heavy atom. The first-order valence-electron chi connectivity index (χ1n) is 11.5. The van der Waals surface area contributed by atoms with E-state index < -0.39 is 0 Å². The molecule has 1 aliphatic heterocycles. The van der Waals surface area contributed by atoms with Gasteiger partial charge < -0.3 is 14.6 Å². The van der Waals surface area contributed by atoms with Crippen LogP contribution in [-0.4, -0.2) is 37.7 Å². The number of hydrogen-bond acceptors (Lipinski definition) is 3. The summed E-state index contributed by atoms with van der Waals surface area (Å²) < 4.78 is 0. The molecule has 0 spiro atoms. The van der Waals surface area contributed by atoms with Crippen molar-refractivity contribution in [1.29, 1.82) is 0 Å².